The molecule has 2 heterocycles. The number of amides is 1. The van der Waals surface area contributed by atoms with Gasteiger partial charge in [-0.3, -0.25) is 14.9 Å². The number of non-ortho nitro benzene ring substituents is 1. The molecule has 10 nitrogen and oxygen atoms in total. The highest BCUT2D eigenvalue weighted by Crippen LogP contribution is 2.37. The van der Waals surface area contributed by atoms with E-state index in [1.54, 1.807) is 13.0 Å². The van der Waals surface area contributed by atoms with Gasteiger partial charge in [0.25, 0.3) is 5.69 Å². The summed E-state index contributed by atoms with van der Waals surface area (Å²) in [5, 5.41) is 20.0. The van der Waals surface area contributed by atoms with Crippen LogP contribution in [0.15, 0.2) is 40.1 Å². The average molecular weight is 456 g/mol. The van der Waals surface area contributed by atoms with E-state index in [0.29, 0.717) is 17.4 Å². The average Bonchev–Trinajstić information content (AvgIpc) is 3.26. The maximum Gasteiger partial charge on any atom is 0.418 e. The monoisotopic (exact) mass is 456 g/mol. The first-order valence-corrected chi connectivity index (χ1v) is 9.45. The van der Waals surface area contributed by atoms with Gasteiger partial charge < -0.3 is 15.6 Å². The molecule has 0 aliphatic heterocycles. The Morgan fingerprint density at radius 3 is 2.65 bits per heavy atom. The second kappa shape index (κ2) is 8.29. The molecular weight excluding hydrogens is 441 g/mol. The van der Waals surface area contributed by atoms with Crippen LogP contribution in [0.5, 0.6) is 0 Å². The summed E-state index contributed by atoms with van der Waals surface area (Å²) < 4.78 is 46.2. The number of aryl methyl sites for hydroxylation is 1. The van der Waals surface area contributed by atoms with Crippen molar-refractivity contribution < 1.29 is 27.3 Å². The maximum absolute atomic E-state index is 13.3. The lowest BCUT2D eigenvalue weighted by atomic mass is 10.1. The largest absolute Gasteiger partial charge is 0.469 e. The molecular formula is C17H15F3N6O4S. The minimum atomic E-state index is -4.90. The lowest BCUT2D eigenvalue weighted by Gasteiger charge is -2.16. The summed E-state index contributed by atoms with van der Waals surface area (Å²) >= 11 is 0.875. The summed E-state index contributed by atoms with van der Waals surface area (Å²) in [5.74, 6) is 6.03. The van der Waals surface area contributed by atoms with E-state index in [1.807, 2.05) is 0 Å². The number of carbonyl (C=O) groups is 1. The minimum Gasteiger partial charge on any atom is -0.469 e. The van der Waals surface area contributed by atoms with Crippen LogP contribution in [0.2, 0.25) is 0 Å². The Morgan fingerprint density at radius 2 is 2.06 bits per heavy atom. The van der Waals surface area contributed by atoms with E-state index in [4.69, 9.17) is 10.3 Å². The number of furan rings is 1. The van der Waals surface area contributed by atoms with Gasteiger partial charge in [0.1, 0.15) is 5.76 Å². The van der Waals surface area contributed by atoms with Gasteiger partial charge in [0.05, 0.1) is 33.3 Å². The fourth-order valence-corrected chi connectivity index (χ4v) is 3.36. The first kappa shape index (κ1) is 22.1. The Labute approximate surface area is 176 Å². The molecule has 2 aromatic heterocycles. The van der Waals surface area contributed by atoms with E-state index in [1.165, 1.54) is 13.2 Å². The van der Waals surface area contributed by atoms with Gasteiger partial charge in [0.2, 0.25) is 11.1 Å². The Hall–Kier alpha value is -3.55. The van der Waals surface area contributed by atoms with Gasteiger partial charge in [-0.2, -0.15) is 13.2 Å². The van der Waals surface area contributed by atoms with E-state index < -0.39 is 39.2 Å². The summed E-state index contributed by atoms with van der Waals surface area (Å²) in [4.78, 5) is 22.3. The highest BCUT2D eigenvalue weighted by atomic mass is 32.2. The third-order valence-electron chi connectivity index (χ3n) is 4.19. The van der Waals surface area contributed by atoms with Gasteiger partial charge >= 0.3 is 6.18 Å². The van der Waals surface area contributed by atoms with E-state index in [0.717, 1.165) is 28.6 Å². The van der Waals surface area contributed by atoms with Crippen LogP contribution in [0, 0.1) is 17.0 Å². The molecule has 0 bridgehead atoms. The van der Waals surface area contributed by atoms with Crippen molar-refractivity contribution in [2.45, 2.75) is 30.4 Å². The summed E-state index contributed by atoms with van der Waals surface area (Å²) in [6.45, 7) is 3.14. The highest BCUT2D eigenvalue weighted by Gasteiger charge is 2.36. The van der Waals surface area contributed by atoms with E-state index >= 15 is 0 Å². The molecule has 1 amide bonds. The molecule has 0 saturated carbocycles. The lowest BCUT2D eigenvalue weighted by Crippen LogP contribution is -2.25. The molecule has 1 unspecified atom stereocenters. The zero-order valence-corrected chi connectivity index (χ0v) is 16.8. The highest BCUT2D eigenvalue weighted by molar-refractivity contribution is 8.00. The first-order chi connectivity index (χ1) is 14.5. The summed E-state index contributed by atoms with van der Waals surface area (Å²) in [7, 11) is 0. The van der Waals surface area contributed by atoms with Gasteiger partial charge in [0.15, 0.2) is 5.82 Å². The Morgan fingerprint density at radius 1 is 1.35 bits per heavy atom. The van der Waals surface area contributed by atoms with E-state index in [-0.39, 0.29) is 11.0 Å². The molecule has 3 N–H and O–H groups in total. The molecule has 14 heteroatoms. The molecule has 0 aliphatic rings. The number of rotatable bonds is 6. The normalized spacial score (nSPS) is 12.5. The molecule has 3 aromatic rings. The van der Waals surface area contributed by atoms with Crippen LogP contribution < -0.4 is 11.2 Å². The predicted octanol–water partition coefficient (Wildman–Crippen LogP) is 3.61. The number of nitrogens with one attached hydrogen (secondary N) is 1. The van der Waals surface area contributed by atoms with Crippen LogP contribution >= 0.6 is 11.8 Å². The van der Waals surface area contributed by atoms with E-state index in [2.05, 4.69) is 15.5 Å². The van der Waals surface area contributed by atoms with Crippen molar-refractivity contribution in [2.75, 3.05) is 11.2 Å². The number of aromatic nitrogens is 3. The van der Waals surface area contributed by atoms with Crippen molar-refractivity contribution in [3.8, 4) is 11.4 Å². The number of hydrogen-bond acceptors (Lipinski definition) is 8. The van der Waals surface area contributed by atoms with Crippen molar-refractivity contribution in [3.63, 3.8) is 0 Å². The van der Waals surface area contributed by atoms with Gasteiger partial charge in [-0.15, -0.1) is 10.2 Å². The van der Waals surface area contributed by atoms with Gasteiger partial charge in [-0.25, -0.2) is 4.68 Å². The number of halogens is 3. The summed E-state index contributed by atoms with van der Waals surface area (Å²) in [5.41, 5.74) is -2.07. The molecule has 1 aromatic carbocycles. The molecule has 0 aliphatic carbocycles. The third-order valence-corrected chi connectivity index (χ3v) is 5.25. The number of nitrogen functional groups attached to an aromatic ring is 1. The number of alkyl halides is 3. The molecule has 164 valence electrons. The molecule has 1 atom stereocenters. The van der Waals surface area contributed by atoms with Crippen LogP contribution in [-0.2, 0) is 11.0 Å². The second-order valence-electron chi connectivity index (χ2n) is 6.30. The first-order valence-electron chi connectivity index (χ1n) is 8.57. The number of nitro groups is 1. The number of thioether (sulfide) groups is 1. The topological polar surface area (TPSA) is 142 Å². The van der Waals surface area contributed by atoms with E-state index in [9.17, 15) is 28.1 Å². The van der Waals surface area contributed by atoms with Crippen molar-refractivity contribution in [1.82, 2.24) is 14.9 Å². The van der Waals surface area contributed by atoms with Crippen LogP contribution in [-0.4, -0.2) is 31.0 Å². The molecule has 0 saturated heterocycles. The molecule has 0 radical (unpaired) electrons. The van der Waals surface area contributed by atoms with Crippen molar-refractivity contribution in [2.24, 2.45) is 0 Å². The van der Waals surface area contributed by atoms with Crippen molar-refractivity contribution >= 4 is 29.0 Å². The maximum atomic E-state index is 13.3. The van der Waals surface area contributed by atoms with Crippen LogP contribution in [0.1, 0.15) is 18.2 Å². The summed E-state index contributed by atoms with van der Waals surface area (Å²) in [6, 6.07) is 3.71. The van der Waals surface area contributed by atoms with Crippen LogP contribution in [0.4, 0.5) is 24.5 Å². The van der Waals surface area contributed by atoms with Crippen LogP contribution in [0.3, 0.4) is 0 Å². The quantitative estimate of drug-likeness (QED) is 0.248. The lowest BCUT2D eigenvalue weighted by molar-refractivity contribution is -0.385. The number of carbonyl (C=O) groups excluding carboxylic acids is 1. The number of nitrogens with two attached hydrogens (primary N) is 1. The SMILES string of the molecule is Cc1occc1-c1nnc(SC(C)C(=O)Nc2ccc([N+](=O)[O-])cc2C(F)(F)F)n1N. The third kappa shape index (κ3) is 4.63. The molecule has 31 heavy (non-hydrogen) atoms. The number of anilines is 1. The predicted molar refractivity (Wildman–Crippen MR) is 105 cm³/mol. The Balaban J connectivity index is 1.79. The number of hydrogen-bond donors (Lipinski definition) is 2. The van der Waals surface area contributed by atoms with Gasteiger partial charge in [0, 0.05) is 12.1 Å². The molecule has 3 rings (SSSR count). The number of nitro benzene ring substituents is 1. The second-order valence-corrected chi connectivity index (χ2v) is 7.61. The fraction of sp³-hybridized carbons (Fsp3) is 0.235. The van der Waals surface area contributed by atoms with Gasteiger partial charge in [-0.05, 0) is 26.0 Å². The minimum absolute atomic E-state index is 0.151. The molecule has 0 fully saturated rings. The number of benzene rings is 1. The Bertz CT molecular complexity index is 1140. The van der Waals surface area contributed by atoms with Gasteiger partial charge in [-0.1, -0.05) is 11.8 Å². The van der Waals surface area contributed by atoms with Crippen molar-refractivity contribution in [1.29, 1.82) is 0 Å². The molecule has 0 spiro atoms. The Kier molecular flexibility index (Phi) is 5.92. The number of nitrogens with zero attached hydrogens (tertiary/aromatic N) is 4. The fourth-order valence-electron chi connectivity index (χ4n) is 2.59. The zero-order valence-electron chi connectivity index (χ0n) is 16.0. The zero-order chi connectivity index (χ0) is 22.9. The smallest absolute Gasteiger partial charge is 0.418 e. The summed E-state index contributed by atoms with van der Waals surface area (Å²) in [6.07, 6.45) is -3.45. The van der Waals surface area contributed by atoms with Crippen molar-refractivity contribution in [3.05, 3.63) is 52.0 Å². The van der Waals surface area contributed by atoms with Crippen LogP contribution in [0.25, 0.3) is 11.4 Å². The standard InChI is InChI=1S/C17H15F3N6O4S/c1-8-11(5-6-30-8)14-23-24-16(25(14)21)31-9(2)15(27)22-13-4-3-10(26(28)29)7-12(13)17(18,19)20/h3-7,9H,21H2,1-2H3,(H,22,27).